The van der Waals surface area contributed by atoms with Crippen molar-refractivity contribution in [3.05, 3.63) is 23.8 Å². The molecule has 0 aliphatic rings. The van der Waals surface area contributed by atoms with Gasteiger partial charge < -0.3 is 20.3 Å². The van der Waals surface area contributed by atoms with Crippen LogP contribution in [0.1, 0.15) is 10.4 Å². The SMILES string of the molecule is COCC(CBr)NC(=O)c1cc(O)cc(O)c1. The van der Waals surface area contributed by atoms with Crippen LogP contribution in [0.25, 0.3) is 0 Å². The minimum Gasteiger partial charge on any atom is -0.508 e. The number of carbonyl (C=O) groups excluding carboxylic acids is 1. The number of benzene rings is 1. The number of aromatic hydroxyl groups is 2. The third kappa shape index (κ3) is 4.24. The van der Waals surface area contributed by atoms with Crippen molar-refractivity contribution >= 4 is 21.8 Å². The van der Waals surface area contributed by atoms with Gasteiger partial charge in [-0.2, -0.15) is 0 Å². The molecule has 1 aromatic rings. The zero-order valence-electron chi connectivity index (χ0n) is 9.31. The third-order valence-electron chi connectivity index (χ3n) is 2.05. The first-order valence-electron chi connectivity index (χ1n) is 4.95. The molecule has 1 unspecified atom stereocenters. The summed E-state index contributed by atoms with van der Waals surface area (Å²) < 4.78 is 4.94. The standard InChI is InChI=1S/C11H14BrNO4/c1-17-6-8(5-12)13-11(16)7-2-9(14)4-10(15)3-7/h2-4,8,14-15H,5-6H2,1H3,(H,13,16). The van der Waals surface area contributed by atoms with E-state index in [-0.39, 0.29) is 29.0 Å². The summed E-state index contributed by atoms with van der Waals surface area (Å²) in [4.78, 5) is 11.8. The fourth-order valence-corrected chi connectivity index (χ4v) is 1.67. The molecular formula is C11H14BrNO4. The Labute approximate surface area is 108 Å². The topological polar surface area (TPSA) is 78.8 Å². The number of alkyl halides is 1. The summed E-state index contributed by atoms with van der Waals surface area (Å²) in [6, 6.07) is 3.56. The minimum absolute atomic E-state index is 0.155. The van der Waals surface area contributed by atoms with Crippen LogP contribution in [0.2, 0.25) is 0 Å². The molecule has 1 aromatic carbocycles. The molecule has 0 fully saturated rings. The maximum Gasteiger partial charge on any atom is 0.251 e. The van der Waals surface area contributed by atoms with Crippen molar-refractivity contribution in [3.8, 4) is 11.5 Å². The average Bonchev–Trinajstić information content (AvgIpc) is 2.27. The molecule has 1 rings (SSSR count). The predicted molar refractivity (Wildman–Crippen MR) is 66.7 cm³/mol. The van der Waals surface area contributed by atoms with Gasteiger partial charge in [-0.05, 0) is 12.1 Å². The molecule has 0 aliphatic carbocycles. The second-order valence-electron chi connectivity index (χ2n) is 3.52. The molecule has 94 valence electrons. The van der Waals surface area contributed by atoms with Gasteiger partial charge in [-0.1, -0.05) is 15.9 Å². The average molecular weight is 304 g/mol. The van der Waals surface area contributed by atoms with E-state index in [9.17, 15) is 15.0 Å². The molecule has 0 saturated heterocycles. The Hall–Kier alpha value is -1.27. The van der Waals surface area contributed by atoms with Gasteiger partial charge >= 0.3 is 0 Å². The molecule has 0 bridgehead atoms. The Morgan fingerprint density at radius 1 is 1.41 bits per heavy atom. The maximum atomic E-state index is 11.8. The molecule has 0 heterocycles. The Kier molecular flexibility index (Phi) is 5.24. The Balaban J connectivity index is 2.75. The number of hydrogen-bond acceptors (Lipinski definition) is 4. The van der Waals surface area contributed by atoms with Gasteiger partial charge in [0.25, 0.3) is 5.91 Å². The summed E-state index contributed by atoms with van der Waals surface area (Å²) in [5, 5.41) is 21.8. The fourth-order valence-electron chi connectivity index (χ4n) is 1.32. The molecule has 0 aromatic heterocycles. The summed E-state index contributed by atoms with van der Waals surface area (Å²) in [6.45, 7) is 0.377. The number of amides is 1. The zero-order valence-corrected chi connectivity index (χ0v) is 10.9. The van der Waals surface area contributed by atoms with Crippen molar-refractivity contribution < 1.29 is 19.7 Å². The summed E-state index contributed by atoms with van der Waals surface area (Å²) in [5.74, 6) is -0.688. The number of hydrogen-bond donors (Lipinski definition) is 3. The lowest BCUT2D eigenvalue weighted by Gasteiger charge is -2.15. The molecular weight excluding hydrogens is 290 g/mol. The monoisotopic (exact) mass is 303 g/mol. The van der Waals surface area contributed by atoms with E-state index in [4.69, 9.17) is 4.74 Å². The van der Waals surface area contributed by atoms with E-state index < -0.39 is 0 Å². The number of phenolic OH excluding ortho intramolecular Hbond substituents is 2. The molecule has 0 spiro atoms. The summed E-state index contributed by atoms with van der Waals surface area (Å²) in [6.07, 6.45) is 0. The Bertz CT molecular complexity index is 377. The van der Waals surface area contributed by atoms with E-state index in [0.29, 0.717) is 11.9 Å². The highest BCUT2D eigenvalue weighted by atomic mass is 79.9. The normalized spacial score (nSPS) is 12.1. The number of halogens is 1. The minimum atomic E-state index is -0.377. The number of rotatable bonds is 5. The van der Waals surface area contributed by atoms with Gasteiger partial charge in [0.05, 0.1) is 12.6 Å². The van der Waals surface area contributed by atoms with Crippen LogP contribution in [0, 0.1) is 0 Å². The van der Waals surface area contributed by atoms with Crippen molar-refractivity contribution in [3.63, 3.8) is 0 Å². The van der Waals surface area contributed by atoms with E-state index in [1.165, 1.54) is 12.1 Å². The van der Waals surface area contributed by atoms with Crippen LogP contribution in [0.4, 0.5) is 0 Å². The van der Waals surface area contributed by atoms with Gasteiger partial charge in [0, 0.05) is 24.1 Å². The van der Waals surface area contributed by atoms with Crippen LogP contribution in [0.5, 0.6) is 11.5 Å². The maximum absolute atomic E-state index is 11.8. The summed E-state index contributed by atoms with van der Waals surface area (Å²) in [7, 11) is 1.54. The van der Waals surface area contributed by atoms with Gasteiger partial charge in [0.15, 0.2) is 0 Å². The van der Waals surface area contributed by atoms with Crippen molar-refractivity contribution in [2.45, 2.75) is 6.04 Å². The van der Waals surface area contributed by atoms with Gasteiger partial charge in [-0.25, -0.2) is 0 Å². The van der Waals surface area contributed by atoms with E-state index in [2.05, 4.69) is 21.2 Å². The Morgan fingerprint density at radius 2 is 2.00 bits per heavy atom. The Morgan fingerprint density at radius 3 is 2.47 bits per heavy atom. The van der Waals surface area contributed by atoms with Crippen LogP contribution in [0.15, 0.2) is 18.2 Å². The highest BCUT2D eigenvalue weighted by molar-refractivity contribution is 9.09. The number of nitrogens with one attached hydrogen (secondary N) is 1. The number of ether oxygens (including phenoxy) is 1. The van der Waals surface area contributed by atoms with Crippen LogP contribution in [-0.4, -0.2) is 41.2 Å². The van der Waals surface area contributed by atoms with E-state index in [1.807, 2.05) is 0 Å². The van der Waals surface area contributed by atoms with Gasteiger partial charge in [0.1, 0.15) is 11.5 Å². The lowest BCUT2D eigenvalue weighted by atomic mass is 10.2. The highest BCUT2D eigenvalue weighted by Gasteiger charge is 2.13. The first-order valence-corrected chi connectivity index (χ1v) is 6.07. The van der Waals surface area contributed by atoms with Crippen molar-refractivity contribution in [2.75, 3.05) is 19.0 Å². The number of phenols is 2. The molecule has 0 radical (unpaired) electrons. The van der Waals surface area contributed by atoms with Crippen LogP contribution in [-0.2, 0) is 4.74 Å². The lowest BCUT2D eigenvalue weighted by molar-refractivity contribution is 0.0907. The van der Waals surface area contributed by atoms with E-state index in [1.54, 1.807) is 7.11 Å². The van der Waals surface area contributed by atoms with Gasteiger partial charge in [0.2, 0.25) is 0 Å². The smallest absolute Gasteiger partial charge is 0.251 e. The second kappa shape index (κ2) is 6.46. The number of methoxy groups -OCH3 is 1. The fraction of sp³-hybridized carbons (Fsp3) is 0.364. The van der Waals surface area contributed by atoms with Crippen LogP contribution >= 0.6 is 15.9 Å². The lowest BCUT2D eigenvalue weighted by Crippen LogP contribution is -2.39. The first kappa shape index (κ1) is 13.8. The van der Waals surface area contributed by atoms with Gasteiger partial charge in [-0.3, -0.25) is 4.79 Å². The molecule has 1 atom stereocenters. The third-order valence-corrected chi connectivity index (χ3v) is 2.84. The first-order chi connectivity index (χ1) is 8.06. The highest BCUT2D eigenvalue weighted by Crippen LogP contribution is 2.20. The van der Waals surface area contributed by atoms with Crippen LogP contribution < -0.4 is 5.32 Å². The predicted octanol–water partition coefficient (Wildman–Crippen LogP) is 1.24. The van der Waals surface area contributed by atoms with E-state index in [0.717, 1.165) is 6.07 Å². The summed E-state index contributed by atoms with van der Waals surface area (Å²) in [5.41, 5.74) is 0.199. The molecule has 5 nitrogen and oxygen atoms in total. The van der Waals surface area contributed by atoms with E-state index >= 15 is 0 Å². The molecule has 3 N–H and O–H groups in total. The largest absolute Gasteiger partial charge is 0.508 e. The molecule has 0 saturated carbocycles. The number of carbonyl (C=O) groups is 1. The molecule has 6 heteroatoms. The van der Waals surface area contributed by atoms with Crippen molar-refractivity contribution in [1.29, 1.82) is 0 Å². The molecule has 1 amide bonds. The zero-order chi connectivity index (χ0) is 12.8. The van der Waals surface area contributed by atoms with Gasteiger partial charge in [-0.15, -0.1) is 0 Å². The quantitative estimate of drug-likeness (QED) is 0.715. The van der Waals surface area contributed by atoms with Crippen molar-refractivity contribution in [2.24, 2.45) is 0 Å². The second-order valence-corrected chi connectivity index (χ2v) is 4.17. The molecule has 0 aliphatic heterocycles. The van der Waals surface area contributed by atoms with Crippen LogP contribution in [0.3, 0.4) is 0 Å². The van der Waals surface area contributed by atoms with Crippen molar-refractivity contribution in [1.82, 2.24) is 5.32 Å². The molecule has 17 heavy (non-hydrogen) atoms. The summed E-state index contributed by atoms with van der Waals surface area (Å²) >= 11 is 3.25.